The number of methoxy groups -OCH3 is 2. The van der Waals surface area contributed by atoms with Crippen LogP contribution in [-0.2, 0) is 17.6 Å². The van der Waals surface area contributed by atoms with E-state index < -0.39 is 6.04 Å². The Kier molecular flexibility index (Phi) is 6.66. The Morgan fingerprint density at radius 3 is 2.71 bits per heavy atom. The number of carbonyl (C=O) groups is 1. The van der Waals surface area contributed by atoms with Crippen molar-refractivity contribution in [3.05, 3.63) is 39.0 Å². The summed E-state index contributed by atoms with van der Waals surface area (Å²) in [5.74, 6) is 1.29. The van der Waals surface area contributed by atoms with E-state index >= 15 is 0 Å². The van der Waals surface area contributed by atoms with Crippen molar-refractivity contribution in [2.75, 3.05) is 19.5 Å². The Bertz CT molecular complexity index is 1270. The van der Waals surface area contributed by atoms with Gasteiger partial charge in [0.1, 0.15) is 17.5 Å². The van der Waals surface area contributed by atoms with Gasteiger partial charge in [-0.1, -0.05) is 32.9 Å². The molecular weight excluding hydrogens is 452 g/mol. The van der Waals surface area contributed by atoms with Crippen molar-refractivity contribution in [1.29, 1.82) is 0 Å². The lowest BCUT2D eigenvalue weighted by molar-refractivity contribution is -0.119. The van der Waals surface area contributed by atoms with Crippen LogP contribution in [0.4, 0.5) is 5.69 Å². The molecular formula is C25H32N4O4S. The summed E-state index contributed by atoms with van der Waals surface area (Å²) in [6, 6.07) is 4.35. The van der Waals surface area contributed by atoms with Gasteiger partial charge in [0.05, 0.1) is 25.3 Å². The van der Waals surface area contributed by atoms with Gasteiger partial charge >= 0.3 is 0 Å². The highest BCUT2D eigenvalue weighted by Crippen LogP contribution is 2.42. The first-order chi connectivity index (χ1) is 16.2. The zero-order chi connectivity index (χ0) is 24.6. The Labute approximate surface area is 203 Å². The third kappa shape index (κ3) is 4.41. The highest BCUT2D eigenvalue weighted by atomic mass is 32.1. The summed E-state index contributed by atoms with van der Waals surface area (Å²) in [4.78, 5) is 28.7. The van der Waals surface area contributed by atoms with E-state index in [0.29, 0.717) is 39.7 Å². The second-order valence-corrected chi connectivity index (χ2v) is 10.9. The van der Waals surface area contributed by atoms with Crippen molar-refractivity contribution < 1.29 is 14.3 Å². The number of ether oxygens (including phenoxy) is 2. The summed E-state index contributed by atoms with van der Waals surface area (Å²) in [7, 11) is 3.08. The predicted molar refractivity (Wildman–Crippen MR) is 134 cm³/mol. The smallest absolute Gasteiger partial charge is 0.279 e. The molecule has 2 atom stereocenters. The fourth-order valence-electron chi connectivity index (χ4n) is 4.65. The van der Waals surface area contributed by atoms with E-state index in [9.17, 15) is 9.59 Å². The Hall–Kier alpha value is -2.94. The summed E-state index contributed by atoms with van der Waals surface area (Å²) >= 11 is 1.56. The van der Waals surface area contributed by atoms with Crippen LogP contribution < -0.4 is 20.3 Å². The molecule has 0 spiro atoms. The zero-order valence-corrected chi connectivity index (χ0v) is 21.4. The van der Waals surface area contributed by atoms with E-state index in [0.717, 1.165) is 24.8 Å². The summed E-state index contributed by atoms with van der Waals surface area (Å²) in [6.07, 6.45) is 3.23. The molecule has 2 heterocycles. The quantitative estimate of drug-likeness (QED) is 0.549. The minimum atomic E-state index is -0.804. The molecule has 34 heavy (non-hydrogen) atoms. The Morgan fingerprint density at radius 1 is 1.29 bits per heavy atom. The first-order valence-corrected chi connectivity index (χ1v) is 12.4. The summed E-state index contributed by atoms with van der Waals surface area (Å²) in [6.45, 7) is 8.65. The molecule has 0 saturated carbocycles. The van der Waals surface area contributed by atoms with Gasteiger partial charge in [0, 0.05) is 10.9 Å². The monoisotopic (exact) mass is 484 g/mol. The van der Waals surface area contributed by atoms with Crippen molar-refractivity contribution in [3.63, 3.8) is 0 Å². The number of anilines is 1. The number of amides is 1. The van der Waals surface area contributed by atoms with Gasteiger partial charge < -0.3 is 14.8 Å². The van der Waals surface area contributed by atoms with E-state index in [4.69, 9.17) is 9.47 Å². The second-order valence-electron chi connectivity index (χ2n) is 9.81. The minimum absolute atomic E-state index is 0.215. The molecule has 4 rings (SSSR count). The van der Waals surface area contributed by atoms with Crippen molar-refractivity contribution in [1.82, 2.24) is 15.0 Å². The lowest BCUT2D eigenvalue weighted by Gasteiger charge is -2.33. The van der Waals surface area contributed by atoms with Crippen LogP contribution in [0.15, 0.2) is 23.0 Å². The maximum Gasteiger partial charge on any atom is 0.279 e. The number of nitrogens with zero attached hydrogens (tertiary/aromatic N) is 3. The topological polar surface area (TPSA) is 95.3 Å². The number of hydrogen-bond acceptors (Lipinski definition) is 7. The van der Waals surface area contributed by atoms with Gasteiger partial charge in [0.15, 0.2) is 4.83 Å². The molecule has 2 unspecified atom stereocenters. The number of aromatic nitrogens is 3. The average molecular weight is 485 g/mol. The number of carbonyl (C=O) groups excluding carboxylic acids is 1. The molecule has 0 fully saturated rings. The summed E-state index contributed by atoms with van der Waals surface area (Å²) in [5.41, 5.74) is 1.51. The van der Waals surface area contributed by atoms with Crippen LogP contribution in [0.5, 0.6) is 11.5 Å². The molecule has 2 aromatic heterocycles. The van der Waals surface area contributed by atoms with Crippen LogP contribution in [0.25, 0.3) is 10.2 Å². The van der Waals surface area contributed by atoms with Crippen molar-refractivity contribution in [2.45, 2.75) is 59.4 Å². The normalized spacial score (nSPS) is 16.7. The van der Waals surface area contributed by atoms with Crippen LogP contribution in [-0.4, -0.2) is 35.1 Å². The second kappa shape index (κ2) is 9.37. The van der Waals surface area contributed by atoms with Crippen LogP contribution in [0.3, 0.4) is 0 Å². The van der Waals surface area contributed by atoms with Crippen LogP contribution in [0.2, 0.25) is 0 Å². The lowest BCUT2D eigenvalue weighted by atomic mass is 9.72. The highest BCUT2D eigenvalue weighted by Gasteiger charge is 2.33. The van der Waals surface area contributed by atoms with Crippen molar-refractivity contribution in [3.8, 4) is 11.5 Å². The molecule has 1 amide bonds. The van der Waals surface area contributed by atoms with Gasteiger partial charge in [0.25, 0.3) is 5.56 Å². The summed E-state index contributed by atoms with van der Waals surface area (Å²) in [5, 5.41) is 12.0. The molecule has 3 aromatic rings. The van der Waals surface area contributed by atoms with Crippen molar-refractivity contribution in [2.24, 2.45) is 11.3 Å². The number of fused-ring (bicyclic) bond motifs is 3. The Balaban J connectivity index is 1.68. The van der Waals surface area contributed by atoms with E-state index in [1.54, 1.807) is 36.6 Å². The molecule has 1 aromatic carbocycles. The van der Waals surface area contributed by atoms with Gasteiger partial charge in [-0.05, 0) is 54.7 Å². The predicted octanol–water partition coefficient (Wildman–Crippen LogP) is 4.61. The highest BCUT2D eigenvalue weighted by molar-refractivity contribution is 7.18. The van der Waals surface area contributed by atoms with Crippen LogP contribution in [0, 0.1) is 11.3 Å². The zero-order valence-electron chi connectivity index (χ0n) is 20.6. The lowest BCUT2D eigenvalue weighted by Crippen LogP contribution is -2.35. The number of benzene rings is 1. The first-order valence-electron chi connectivity index (χ1n) is 11.6. The molecule has 1 aliphatic carbocycles. The molecule has 1 aliphatic rings. The molecule has 0 bridgehead atoms. The number of nitrogens with one attached hydrogen (secondary N) is 1. The van der Waals surface area contributed by atoms with E-state index in [1.807, 2.05) is 6.92 Å². The SMILES string of the molecule is CCC(C(=O)Nc1cc(OC)ccc1OC)n1nnc2sc3c(c2c1=O)CCC(C(C)(C)C)C3. The standard InChI is InChI=1S/C25H32N4O4S/c1-7-18(22(30)26-17-13-15(32-5)9-11-19(17)33-6)29-24(31)21-16-10-8-14(25(2,3)4)12-20(16)34-23(21)27-28-29/h9,11,13-14,18H,7-8,10,12H2,1-6H3,(H,26,30). The fourth-order valence-corrected chi connectivity index (χ4v) is 5.88. The fraction of sp³-hybridized carbons (Fsp3) is 0.520. The van der Waals surface area contributed by atoms with Gasteiger partial charge in [-0.2, -0.15) is 4.68 Å². The average Bonchev–Trinajstić information content (AvgIpc) is 3.19. The molecule has 0 radical (unpaired) electrons. The molecule has 0 aliphatic heterocycles. The first kappa shape index (κ1) is 24.2. The minimum Gasteiger partial charge on any atom is -0.497 e. The maximum absolute atomic E-state index is 13.6. The van der Waals surface area contributed by atoms with Gasteiger partial charge in [-0.25, -0.2) is 0 Å². The molecule has 8 nitrogen and oxygen atoms in total. The summed E-state index contributed by atoms with van der Waals surface area (Å²) < 4.78 is 11.9. The number of thiophene rings is 1. The van der Waals surface area contributed by atoms with Gasteiger partial charge in [0.2, 0.25) is 5.91 Å². The molecule has 182 valence electrons. The van der Waals surface area contributed by atoms with E-state index in [1.165, 1.54) is 16.7 Å². The van der Waals surface area contributed by atoms with E-state index in [2.05, 4.69) is 36.4 Å². The van der Waals surface area contributed by atoms with Gasteiger partial charge in [-0.15, -0.1) is 16.4 Å². The maximum atomic E-state index is 13.6. The Morgan fingerprint density at radius 2 is 2.06 bits per heavy atom. The van der Waals surface area contributed by atoms with Gasteiger partial charge in [-0.3, -0.25) is 9.59 Å². The number of aryl methyl sites for hydroxylation is 1. The molecule has 9 heteroatoms. The number of hydrogen-bond donors (Lipinski definition) is 1. The third-order valence-electron chi connectivity index (χ3n) is 6.77. The largest absolute Gasteiger partial charge is 0.497 e. The molecule has 0 saturated heterocycles. The van der Waals surface area contributed by atoms with Crippen molar-refractivity contribution >= 4 is 33.1 Å². The van der Waals surface area contributed by atoms with E-state index in [-0.39, 0.29) is 16.9 Å². The number of rotatable bonds is 6. The third-order valence-corrected chi connectivity index (χ3v) is 7.91. The van der Waals surface area contributed by atoms with Crippen LogP contribution in [0.1, 0.15) is 57.0 Å². The van der Waals surface area contributed by atoms with Crippen LogP contribution >= 0.6 is 11.3 Å². The molecule has 1 N–H and O–H groups in total.